The van der Waals surface area contributed by atoms with Gasteiger partial charge >= 0.3 is 6.03 Å². The summed E-state index contributed by atoms with van der Waals surface area (Å²) in [6.07, 6.45) is 5.19. The number of benzene rings is 1. The minimum atomic E-state index is -0.408. The van der Waals surface area contributed by atoms with Gasteiger partial charge in [-0.3, -0.25) is 9.69 Å². The Morgan fingerprint density at radius 1 is 1.04 bits per heavy atom. The molecule has 0 saturated carbocycles. The van der Waals surface area contributed by atoms with E-state index >= 15 is 0 Å². The third-order valence-corrected chi connectivity index (χ3v) is 4.99. The Morgan fingerprint density at radius 3 is 2.52 bits per heavy atom. The van der Waals surface area contributed by atoms with Crippen LogP contribution in [0.2, 0.25) is 0 Å². The van der Waals surface area contributed by atoms with Gasteiger partial charge in [0.15, 0.2) is 5.88 Å². The van der Waals surface area contributed by atoms with Crippen LogP contribution in [0.5, 0.6) is 0 Å². The lowest BCUT2D eigenvalue weighted by Crippen LogP contribution is -2.30. The van der Waals surface area contributed by atoms with Crippen LogP contribution in [-0.2, 0) is 11.3 Å². The molecule has 3 amide bonds. The molecule has 0 atom stereocenters. The van der Waals surface area contributed by atoms with Gasteiger partial charge < -0.3 is 14.6 Å². The molecular weight excluding hydrogens is 342 g/mol. The van der Waals surface area contributed by atoms with Crippen molar-refractivity contribution in [1.29, 1.82) is 0 Å². The third kappa shape index (κ3) is 3.74. The van der Waals surface area contributed by atoms with Gasteiger partial charge in [0.25, 0.3) is 5.91 Å². The van der Waals surface area contributed by atoms with Crippen molar-refractivity contribution in [2.75, 3.05) is 18.0 Å². The molecule has 0 unspecified atom stereocenters. The number of furan rings is 1. The number of nitrogens with zero attached hydrogens (tertiary/aromatic N) is 2. The summed E-state index contributed by atoms with van der Waals surface area (Å²) < 4.78 is 5.86. The number of urea groups is 1. The highest BCUT2D eigenvalue weighted by Crippen LogP contribution is 2.25. The first-order chi connectivity index (χ1) is 13.1. The van der Waals surface area contributed by atoms with E-state index in [4.69, 9.17) is 4.42 Å². The van der Waals surface area contributed by atoms with Crippen LogP contribution >= 0.6 is 0 Å². The molecule has 1 aromatic carbocycles. The molecule has 6 nitrogen and oxygen atoms in total. The van der Waals surface area contributed by atoms with E-state index in [0.29, 0.717) is 5.76 Å². The number of rotatable bonds is 4. The fourth-order valence-electron chi connectivity index (χ4n) is 3.44. The normalized spacial score (nSPS) is 19.1. The van der Waals surface area contributed by atoms with E-state index in [-0.39, 0.29) is 18.1 Å². The SMILES string of the molecule is Cc1ccc(CN2C(=O)NC(=Cc3ccc(N4CCCCC4)o3)C2=O)cc1. The standard InChI is InChI=1S/C21H23N3O3/c1-15-5-7-16(8-6-15)14-24-20(25)18(22-21(24)26)13-17-9-10-19(27-17)23-11-3-2-4-12-23/h5-10,13H,2-4,11-12,14H2,1H3,(H,22,26). The van der Waals surface area contributed by atoms with E-state index < -0.39 is 6.03 Å². The number of hydrogen-bond donors (Lipinski definition) is 1. The highest BCUT2D eigenvalue weighted by molar-refractivity contribution is 6.13. The predicted molar refractivity (Wildman–Crippen MR) is 103 cm³/mol. The quantitative estimate of drug-likeness (QED) is 0.663. The minimum absolute atomic E-state index is 0.242. The Morgan fingerprint density at radius 2 is 1.78 bits per heavy atom. The number of aryl methyl sites for hydroxylation is 1. The van der Waals surface area contributed by atoms with E-state index in [2.05, 4.69) is 10.2 Å². The number of amides is 3. The zero-order valence-electron chi connectivity index (χ0n) is 15.4. The topological polar surface area (TPSA) is 65.8 Å². The number of piperidine rings is 1. The van der Waals surface area contributed by atoms with Crippen molar-refractivity contribution >= 4 is 23.9 Å². The number of carbonyl (C=O) groups is 2. The van der Waals surface area contributed by atoms with Gasteiger partial charge in [0, 0.05) is 25.2 Å². The number of imide groups is 1. The highest BCUT2D eigenvalue weighted by atomic mass is 16.4. The van der Waals surface area contributed by atoms with Crippen molar-refractivity contribution in [3.63, 3.8) is 0 Å². The van der Waals surface area contributed by atoms with Crippen LogP contribution in [0, 0.1) is 6.92 Å². The largest absolute Gasteiger partial charge is 0.441 e. The monoisotopic (exact) mass is 365 g/mol. The van der Waals surface area contributed by atoms with Gasteiger partial charge in [0.1, 0.15) is 11.5 Å². The average Bonchev–Trinajstić information content (AvgIpc) is 3.25. The molecule has 2 saturated heterocycles. The molecule has 2 aromatic rings. The molecule has 1 aromatic heterocycles. The van der Waals surface area contributed by atoms with E-state index in [1.54, 1.807) is 6.08 Å². The Kier molecular flexibility index (Phi) is 4.71. The molecule has 2 fully saturated rings. The molecule has 0 spiro atoms. The van der Waals surface area contributed by atoms with Crippen LogP contribution < -0.4 is 10.2 Å². The zero-order chi connectivity index (χ0) is 18.8. The number of hydrogen-bond acceptors (Lipinski definition) is 4. The first-order valence-electron chi connectivity index (χ1n) is 9.35. The molecule has 0 aliphatic carbocycles. The molecule has 0 bridgehead atoms. The second-order valence-corrected chi connectivity index (χ2v) is 7.09. The summed E-state index contributed by atoms with van der Waals surface area (Å²) >= 11 is 0. The van der Waals surface area contributed by atoms with E-state index in [9.17, 15) is 9.59 Å². The van der Waals surface area contributed by atoms with Crippen molar-refractivity contribution in [3.05, 3.63) is 59.0 Å². The zero-order valence-corrected chi connectivity index (χ0v) is 15.4. The molecule has 3 heterocycles. The van der Waals surface area contributed by atoms with Crippen LogP contribution in [0.25, 0.3) is 6.08 Å². The van der Waals surface area contributed by atoms with Gasteiger partial charge in [-0.25, -0.2) is 4.79 Å². The van der Waals surface area contributed by atoms with Crippen LogP contribution in [-0.4, -0.2) is 29.9 Å². The fourth-order valence-corrected chi connectivity index (χ4v) is 3.44. The fraction of sp³-hybridized carbons (Fsp3) is 0.333. The summed E-state index contributed by atoms with van der Waals surface area (Å²) in [6.45, 7) is 4.23. The highest BCUT2D eigenvalue weighted by Gasteiger charge is 2.33. The Hall–Kier alpha value is -3.02. The summed E-state index contributed by atoms with van der Waals surface area (Å²) in [5.41, 5.74) is 2.29. The van der Waals surface area contributed by atoms with Crippen molar-refractivity contribution < 1.29 is 14.0 Å². The summed E-state index contributed by atoms with van der Waals surface area (Å²) in [6, 6.07) is 11.1. The number of anilines is 1. The van der Waals surface area contributed by atoms with E-state index in [1.807, 2.05) is 43.3 Å². The van der Waals surface area contributed by atoms with Crippen LogP contribution in [0.15, 0.2) is 46.5 Å². The average molecular weight is 365 g/mol. The number of nitrogens with one attached hydrogen (secondary N) is 1. The van der Waals surface area contributed by atoms with Gasteiger partial charge in [0.05, 0.1) is 6.54 Å². The Bertz CT molecular complexity index is 876. The van der Waals surface area contributed by atoms with E-state index in [0.717, 1.165) is 30.1 Å². The van der Waals surface area contributed by atoms with Crippen molar-refractivity contribution in [2.45, 2.75) is 32.7 Å². The van der Waals surface area contributed by atoms with Gasteiger partial charge in [-0.2, -0.15) is 0 Å². The first-order valence-corrected chi connectivity index (χ1v) is 9.35. The maximum Gasteiger partial charge on any atom is 0.329 e. The van der Waals surface area contributed by atoms with Crippen molar-refractivity contribution in [2.24, 2.45) is 0 Å². The summed E-state index contributed by atoms with van der Waals surface area (Å²) in [5, 5.41) is 2.65. The predicted octanol–water partition coefficient (Wildman–Crippen LogP) is 3.67. The second-order valence-electron chi connectivity index (χ2n) is 7.09. The molecule has 2 aliphatic heterocycles. The molecular formula is C21H23N3O3. The van der Waals surface area contributed by atoms with Crippen LogP contribution in [0.1, 0.15) is 36.1 Å². The summed E-state index contributed by atoms with van der Waals surface area (Å²) in [5.74, 6) is 1.04. The molecule has 1 N–H and O–H groups in total. The Labute approximate surface area is 158 Å². The molecule has 6 heteroatoms. The van der Waals surface area contributed by atoms with E-state index in [1.165, 1.54) is 24.2 Å². The lowest BCUT2D eigenvalue weighted by atomic mass is 10.1. The lowest BCUT2D eigenvalue weighted by molar-refractivity contribution is -0.123. The molecule has 0 radical (unpaired) electrons. The number of carbonyl (C=O) groups excluding carboxylic acids is 2. The molecule has 4 rings (SSSR count). The van der Waals surface area contributed by atoms with Gasteiger partial charge in [-0.15, -0.1) is 0 Å². The maximum absolute atomic E-state index is 12.6. The smallest absolute Gasteiger partial charge is 0.329 e. The lowest BCUT2D eigenvalue weighted by Gasteiger charge is -2.25. The summed E-state index contributed by atoms with van der Waals surface area (Å²) in [7, 11) is 0. The van der Waals surface area contributed by atoms with Crippen LogP contribution in [0.4, 0.5) is 10.7 Å². The van der Waals surface area contributed by atoms with Gasteiger partial charge in [-0.1, -0.05) is 29.8 Å². The van der Waals surface area contributed by atoms with Gasteiger partial charge in [0.2, 0.25) is 0 Å². The van der Waals surface area contributed by atoms with Crippen molar-refractivity contribution in [1.82, 2.24) is 10.2 Å². The molecule has 140 valence electrons. The maximum atomic E-state index is 12.6. The van der Waals surface area contributed by atoms with Gasteiger partial charge in [-0.05, 0) is 37.8 Å². The Balaban J connectivity index is 1.47. The minimum Gasteiger partial charge on any atom is -0.441 e. The third-order valence-electron chi connectivity index (χ3n) is 4.99. The molecule has 27 heavy (non-hydrogen) atoms. The van der Waals surface area contributed by atoms with Crippen molar-refractivity contribution in [3.8, 4) is 0 Å². The second kappa shape index (κ2) is 7.31. The molecule has 2 aliphatic rings. The first kappa shape index (κ1) is 17.4. The summed E-state index contributed by atoms with van der Waals surface area (Å²) in [4.78, 5) is 28.3. The van der Waals surface area contributed by atoms with Crippen LogP contribution in [0.3, 0.4) is 0 Å².